The first-order valence-electron chi connectivity index (χ1n) is 6.16. The number of Topliss-reactive ketones (excluding diaryl/α,β-unsaturated/α-hetero) is 1. The van der Waals surface area contributed by atoms with Crippen molar-refractivity contribution in [3.05, 3.63) is 29.8 Å². The normalized spacial score (nSPS) is 13.4. The third-order valence-corrected chi connectivity index (χ3v) is 3.57. The molecule has 0 amide bonds. The lowest BCUT2D eigenvalue weighted by atomic mass is 9.76. The number of rotatable bonds is 5. The summed E-state index contributed by atoms with van der Waals surface area (Å²) in [6.07, 6.45) is 1.85. The van der Waals surface area contributed by atoms with E-state index in [2.05, 4.69) is 6.92 Å². The molecule has 0 aliphatic heterocycles. The fraction of sp³-hybridized carbons (Fsp3) is 0.533. The van der Waals surface area contributed by atoms with Crippen LogP contribution in [0.3, 0.4) is 0 Å². The van der Waals surface area contributed by atoms with E-state index in [4.69, 9.17) is 0 Å². The molecule has 2 nitrogen and oxygen atoms in total. The Morgan fingerprint density at radius 2 is 1.82 bits per heavy atom. The Hall–Kier alpha value is -1.31. The molecule has 0 heterocycles. The van der Waals surface area contributed by atoms with E-state index in [0.29, 0.717) is 5.92 Å². The molecule has 1 atom stereocenters. The van der Waals surface area contributed by atoms with Crippen LogP contribution in [0, 0.1) is 5.41 Å². The SMILES string of the molecule is CCC(CC(C)(C)C(C)=O)c1ccc(O)cc1. The summed E-state index contributed by atoms with van der Waals surface area (Å²) in [6.45, 7) is 7.79. The van der Waals surface area contributed by atoms with Crippen LogP contribution in [0.1, 0.15) is 52.0 Å². The lowest BCUT2D eigenvalue weighted by Gasteiger charge is -2.27. The summed E-state index contributed by atoms with van der Waals surface area (Å²) in [7, 11) is 0. The highest BCUT2D eigenvalue weighted by atomic mass is 16.3. The minimum absolute atomic E-state index is 0.231. The molecule has 2 heteroatoms. The van der Waals surface area contributed by atoms with Crippen molar-refractivity contribution >= 4 is 5.78 Å². The summed E-state index contributed by atoms with van der Waals surface area (Å²) in [5, 5.41) is 9.28. The summed E-state index contributed by atoms with van der Waals surface area (Å²) >= 11 is 0. The number of phenols is 1. The zero-order valence-corrected chi connectivity index (χ0v) is 11.2. The highest BCUT2D eigenvalue weighted by Crippen LogP contribution is 2.34. The van der Waals surface area contributed by atoms with Gasteiger partial charge < -0.3 is 5.11 Å². The molecular weight excluding hydrogens is 212 g/mol. The minimum atomic E-state index is -0.279. The molecule has 0 saturated carbocycles. The van der Waals surface area contributed by atoms with E-state index in [1.165, 1.54) is 5.56 Å². The van der Waals surface area contributed by atoms with Gasteiger partial charge in [-0.3, -0.25) is 4.79 Å². The van der Waals surface area contributed by atoms with Gasteiger partial charge in [-0.2, -0.15) is 0 Å². The van der Waals surface area contributed by atoms with Crippen molar-refractivity contribution < 1.29 is 9.90 Å². The first kappa shape index (κ1) is 13.8. The molecule has 0 radical (unpaired) electrons. The summed E-state index contributed by atoms with van der Waals surface area (Å²) in [5.41, 5.74) is 0.915. The molecule has 0 saturated heterocycles. The Bertz CT molecular complexity index is 376. The van der Waals surface area contributed by atoms with Crippen LogP contribution in [0.5, 0.6) is 5.75 Å². The van der Waals surface area contributed by atoms with Crippen molar-refractivity contribution in [3.63, 3.8) is 0 Å². The van der Waals surface area contributed by atoms with Crippen LogP contribution in [-0.2, 0) is 4.79 Å². The molecule has 1 unspecified atom stereocenters. The molecule has 0 bridgehead atoms. The Labute approximate surface area is 104 Å². The molecule has 0 aliphatic rings. The predicted molar refractivity (Wildman–Crippen MR) is 70.2 cm³/mol. The van der Waals surface area contributed by atoms with Gasteiger partial charge in [-0.15, -0.1) is 0 Å². The molecule has 0 aromatic heterocycles. The van der Waals surface area contributed by atoms with Gasteiger partial charge in [-0.05, 0) is 43.4 Å². The van der Waals surface area contributed by atoms with Gasteiger partial charge in [0.15, 0.2) is 0 Å². The van der Waals surface area contributed by atoms with Crippen molar-refractivity contribution in [2.45, 2.75) is 46.5 Å². The number of aromatic hydroxyl groups is 1. The smallest absolute Gasteiger partial charge is 0.135 e. The molecule has 0 aliphatic carbocycles. The van der Waals surface area contributed by atoms with Gasteiger partial charge >= 0.3 is 0 Å². The topological polar surface area (TPSA) is 37.3 Å². The van der Waals surface area contributed by atoms with Crippen molar-refractivity contribution in [1.29, 1.82) is 0 Å². The maximum atomic E-state index is 11.6. The molecule has 1 N–H and O–H groups in total. The highest BCUT2D eigenvalue weighted by Gasteiger charge is 2.27. The molecule has 1 aromatic rings. The van der Waals surface area contributed by atoms with E-state index in [0.717, 1.165) is 12.8 Å². The quantitative estimate of drug-likeness (QED) is 0.839. The van der Waals surface area contributed by atoms with Crippen LogP contribution < -0.4 is 0 Å². The number of carbonyl (C=O) groups excluding carboxylic acids is 1. The van der Waals surface area contributed by atoms with E-state index in [9.17, 15) is 9.90 Å². The van der Waals surface area contributed by atoms with Gasteiger partial charge in [0, 0.05) is 5.41 Å². The van der Waals surface area contributed by atoms with E-state index in [1.54, 1.807) is 19.1 Å². The minimum Gasteiger partial charge on any atom is -0.508 e. The largest absolute Gasteiger partial charge is 0.508 e. The van der Waals surface area contributed by atoms with E-state index < -0.39 is 0 Å². The fourth-order valence-corrected chi connectivity index (χ4v) is 2.00. The van der Waals surface area contributed by atoms with Gasteiger partial charge in [-0.1, -0.05) is 32.9 Å². The lowest BCUT2D eigenvalue weighted by molar-refractivity contribution is -0.125. The van der Waals surface area contributed by atoms with Crippen LogP contribution in [0.25, 0.3) is 0 Å². The number of ketones is 1. The Morgan fingerprint density at radius 3 is 2.24 bits per heavy atom. The summed E-state index contributed by atoms with van der Waals surface area (Å²) in [6, 6.07) is 7.30. The third kappa shape index (κ3) is 3.58. The number of carbonyl (C=O) groups is 1. The van der Waals surface area contributed by atoms with Crippen molar-refractivity contribution in [2.24, 2.45) is 5.41 Å². The summed E-state index contributed by atoms with van der Waals surface area (Å²) < 4.78 is 0. The monoisotopic (exact) mass is 234 g/mol. The van der Waals surface area contributed by atoms with Crippen LogP contribution in [0.15, 0.2) is 24.3 Å². The first-order valence-corrected chi connectivity index (χ1v) is 6.16. The standard InChI is InChI=1S/C15H22O2/c1-5-12(10-15(3,4)11(2)16)13-6-8-14(17)9-7-13/h6-9,12,17H,5,10H2,1-4H3. The first-order chi connectivity index (χ1) is 7.86. The second-order valence-corrected chi connectivity index (χ2v) is 5.34. The molecule has 1 aromatic carbocycles. The van der Waals surface area contributed by atoms with Crippen LogP contribution in [0.4, 0.5) is 0 Å². The number of benzene rings is 1. The van der Waals surface area contributed by atoms with Gasteiger partial charge in [0.25, 0.3) is 0 Å². The highest BCUT2D eigenvalue weighted by molar-refractivity contribution is 5.81. The summed E-state index contributed by atoms with van der Waals surface area (Å²) in [4.78, 5) is 11.6. The Morgan fingerprint density at radius 1 is 1.29 bits per heavy atom. The molecule has 0 spiro atoms. The zero-order chi connectivity index (χ0) is 13.1. The van der Waals surface area contributed by atoms with E-state index in [1.807, 2.05) is 26.0 Å². The summed E-state index contributed by atoms with van der Waals surface area (Å²) in [5.74, 6) is 0.888. The van der Waals surface area contributed by atoms with Crippen LogP contribution in [0.2, 0.25) is 0 Å². The average Bonchev–Trinajstić information content (AvgIpc) is 2.27. The maximum absolute atomic E-state index is 11.6. The Kier molecular flexibility index (Phi) is 4.33. The van der Waals surface area contributed by atoms with Crippen molar-refractivity contribution in [1.82, 2.24) is 0 Å². The second kappa shape index (κ2) is 5.35. The third-order valence-electron chi connectivity index (χ3n) is 3.57. The molecule has 17 heavy (non-hydrogen) atoms. The van der Waals surface area contributed by atoms with Crippen molar-refractivity contribution in [3.8, 4) is 5.75 Å². The van der Waals surface area contributed by atoms with Gasteiger partial charge in [0.1, 0.15) is 11.5 Å². The van der Waals surface area contributed by atoms with E-state index in [-0.39, 0.29) is 16.9 Å². The molecule has 94 valence electrons. The number of hydrogen-bond acceptors (Lipinski definition) is 2. The zero-order valence-electron chi connectivity index (χ0n) is 11.2. The lowest BCUT2D eigenvalue weighted by Crippen LogP contribution is -2.24. The van der Waals surface area contributed by atoms with E-state index >= 15 is 0 Å². The van der Waals surface area contributed by atoms with Gasteiger partial charge in [0.2, 0.25) is 0 Å². The maximum Gasteiger partial charge on any atom is 0.135 e. The molecule has 0 fully saturated rings. The second-order valence-electron chi connectivity index (χ2n) is 5.34. The molecule has 1 rings (SSSR count). The van der Waals surface area contributed by atoms with Gasteiger partial charge in [0.05, 0.1) is 0 Å². The average molecular weight is 234 g/mol. The number of hydrogen-bond donors (Lipinski definition) is 1. The van der Waals surface area contributed by atoms with Crippen LogP contribution in [-0.4, -0.2) is 10.9 Å². The Balaban J connectivity index is 2.86. The number of phenolic OH excluding ortho intramolecular Hbond substituents is 1. The van der Waals surface area contributed by atoms with Crippen LogP contribution >= 0.6 is 0 Å². The fourth-order valence-electron chi connectivity index (χ4n) is 2.00. The molecular formula is C15H22O2. The van der Waals surface area contributed by atoms with Crippen molar-refractivity contribution in [2.75, 3.05) is 0 Å². The predicted octanol–water partition coefficient (Wildman–Crippen LogP) is 3.89. The van der Waals surface area contributed by atoms with Gasteiger partial charge in [-0.25, -0.2) is 0 Å².